The van der Waals surface area contributed by atoms with Gasteiger partial charge in [0, 0.05) is 37.8 Å². The van der Waals surface area contributed by atoms with Crippen molar-refractivity contribution in [2.45, 2.75) is 19.9 Å². The fourth-order valence-electron chi connectivity index (χ4n) is 2.82. The number of halogens is 1. The monoisotopic (exact) mass is 317 g/mol. The molecule has 0 spiro atoms. The van der Waals surface area contributed by atoms with Gasteiger partial charge in [0.15, 0.2) is 5.76 Å². The first-order chi connectivity index (χ1) is 11.1. The molecule has 0 unspecified atom stereocenters. The maximum absolute atomic E-state index is 13.0. The predicted octanol–water partition coefficient (Wildman–Crippen LogP) is 2.47. The van der Waals surface area contributed by atoms with Gasteiger partial charge in [-0.3, -0.25) is 9.69 Å². The molecule has 2 aromatic rings. The average Bonchev–Trinajstić information content (AvgIpc) is 2.81. The highest BCUT2D eigenvalue weighted by Gasteiger charge is 2.21. The van der Waals surface area contributed by atoms with Crippen LogP contribution in [0.2, 0.25) is 0 Å². The number of aromatic nitrogens is 1. The van der Waals surface area contributed by atoms with Crippen LogP contribution in [0.4, 0.5) is 4.39 Å². The Kier molecular flexibility index (Phi) is 4.71. The molecule has 1 aliphatic rings. The molecule has 1 aromatic heterocycles. The average molecular weight is 317 g/mol. The van der Waals surface area contributed by atoms with Crippen LogP contribution >= 0.6 is 0 Å². The molecule has 2 heterocycles. The van der Waals surface area contributed by atoms with E-state index >= 15 is 0 Å². The van der Waals surface area contributed by atoms with E-state index < -0.39 is 0 Å². The summed E-state index contributed by atoms with van der Waals surface area (Å²) in [6.45, 7) is 5.67. The van der Waals surface area contributed by atoms with Gasteiger partial charge in [0.1, 0.15) is 5.82 Å². The molecule has 0 aliphatic carbocycles. The van der Waals surface area contributed by atoms with Crippen molar-refractivity contribution in [2.24, 2.45) is 0 Å². The summed E-state index contributed by atoms with van der Waals surface area (Å²) in [7, 11) is 0. The predicted molar refractivity (Wildman–Crippen MR) is 83.4 cm³/mol. The van der Waals surface area contributed by atoms with Crippen molar-refractivity contribution in [1.29, 1.82) is 0 Å². The third-order valence-electron chi connectivity index (χ3n) is 4.02. The lowest BCUT2D eigenvalue weighted by Gasteiger charge is -2.21. The summed E-state index contributed by atoms with van der Waals surface area (Å²) in [4.78, 5) is 16.6. The first kappa shape index (κ1) is 15.7. The molecule has 23 heavy (non-hydrogen) atoms. The van der Waals surface area contributed by atoms with Crippen molar-refractivity contribution < 1.29 is 13.7 Å². The second-order valence-electron chi connectivity index (χ2n) is 5.86. The zero-order chi connectivity index (χ0) is 16.2. The minimum atomic E-state index is -0.328. The third kappa shape index (κ3) is 3.96. The molecule has 3 rings (SSSR count). The molecule has 1 saturated heterocycles. The summed E-state index contributed by atoms with van der Waals surface area (Å²) in [5.74, 6) is 0.481. The molecular formula is C17H20FN3O2. The van der Waals surface area contributed by atoms with Crippen molar-refractivity contribution in [3.8, 4) is 0 Å². The van der Waals surface area contributed by atoms with Gasteiger partial charge < -0.3 is 9.42 Å². The standard InChI is InChI=1S/C17H20FN3O2/c1-13-11-16(23-19-13)12-20-7-2-8-21(10-9-20)17(22)14-3-5-15(18)6-4-14/h3-6,11H,2,7-10,12H2,1H3. The van der Waals surface area contributed by atoms with Gasteiger partial charge in [-0.15, -0.1) is 0 Å². The van der Waals surface area contributed by atoms with Crippen LogP contribution < -0.4 is 0 Å². The van der Waals surface area contributed by atoms with E-state index in [4.69, 9.17) is 4.52 Å². The van der Waals surface area contributed by atoms with E-state index in [1.807, 2.05) is 17.9 Å². The van der Waals surface area contributed by atoms with E-state index in [0.717, 1.165) is 31.0 Å². The number of amides is 1. The second-order valence-corrected chi connectivity index (χ2v) is 5.86. The Morgan fingerprint density at radius 3 is 2.70 bits per heavy atom. The van der Waals surface area contributed by atoms with Gasteiger partial charge in [0.2, 0.25) is 0 Å². The zero-order valence-electron chi connectivity index (χ0n) is 13.2. The van der Waals surface area contributed by atoms with Crippen molar-refractivity contribution in [3.63, 3.8) is 0 Å². The molecule has 0 saturated carbocycles. The SMILES string of the molecule is Cc1cc(CN2CCCN(C(=O)c3ccc(F)cc3)CC2)on1. The minimum Gasteiger partial charge on any atom is -0.360 e. The number of carbonyl (C=O) groups excluding carboxylic acids is 1. The number of aryl methyl sites for hydroxylation is 1. The van der Waals surface area contributed by atoms with Crippen molar-refractivity contribution in [1.82, 2.24) is 15.0 Å². The number of rotatable bonds is 3. The van der Waals surface area contributed by atoms with E-state index in [1.165, 1.54) is 24.3 Å². The molecular weight excluding hydrogens is 297 g/mol. The summed E-state index contributed by atoms with van der Waals surface area (Å²) >= 11 is 0. The quantitative estimate of drug-likeness (QED) is 0.872. The van der Waals surface area contributed by atoms with Crippen LogP contribution in [0.25, 0.3) is 0 Å². The first-order valence-corrected chi connectivity index (χ1v) is 7.81. The van der Waals surface area contributed by atoms with Crippen LogP contribution in [0.3, 0.4) is 0 Å². The van der Waals surface area contributed by atoms with E-state index in [2.05, 4.69) is 10.1 Å². The fraction of sp³-hybridized carbons (Fsp3) is 0.412. The van der Waals surface area contributed by atoms with Crippen LogP contribution in [0.15, 0.2) is 34.9 Å². The number of hydrogen-bond acceptors (Lipinski definition) is 4. The number of nitrogens with zero attached hydrogens (tertiary/aromatic N) is 3. The highest BCUT2D eigenvalue weighted by atomic mass is 19.1. The molecule has 1 fully saturated rings. The van der Waals surface area contributed by atoms with Crippen molar-refractivity contribution >= 4 is 5.91 Å². The molecule has 0 bridgehead atoms. The van der Waals surface area contributed by atoms with Gasteiger partial charge in [0.05, 0.1) is 12.2 Å². The second kappa shape index (κ2) is 6.91. The number of hydrogen-bond donors (Lipinski definition) is 0. The van der Waals surface area contributed by atoms with Crippen molar-refractivity contribution in [3.05, 3.63) is 53.2 Å². The summed E-state index contributed by atoms with van der Waals surface area (Å²) in [6.07, 6.45) is 0.903. The largest absolute Gasteiger partial charge is 0.360 e. The third-order valence-corrected chi connectivity index (χ3v) is 4.02. The zero-order valence-corrected chi connectivity index (χ0v) is 13.2. The Morgan fingerprint density at radius 1 is 1.22 bits per heavy atom. The van der Waals surface area contributed by atoms with Gasteiger partial charge in [-0.1, -0.05) is 5.16 Å². The van der Waals surface area contributed by atoms with Gasteiger partial charge >= 0.3 is 0 Å². The van der Waals surface area contributed by atoms with Crippen LogP contribution in [0.1, 0.15) is 28.2 Å². The van der Waals surface area contributed by atoms with Gasteiger partial charge in [-0.25, -0.2) is 4.39 Å². The molecule has 1 amide bonds. The molecule has 1 aliphatic heterocycles. The van der Waals surface area contributed by atoms with E-state index in [9.17, 15) is 9.18 Å². The van der Waals surface area contributed by atoms with Crippen LogP contribution in [0.5, 0.6) is 0 Å². The molecule has 0 atom stereocenters. The Balaban J connectivity index is 1.59. The molecule has 1 aromatic carbocycles. The summed E-state index contributed by atoms with van der Waals surface area (Å²) in [6, 6.07) is 7.66. The van der Waals surface area contributed by atoms with Crippen LogP contribution in [0, 0.1) is 12.7 Å². The van der Waals surface area contributed by atoms with Crippen LogP contribution in [-0.2, 0) is 6.54 Å². The molecule has 0 radical (unpaired) electrons. The smallest absolute Gasteiger partial charge is 0.253 e. The van der Waals surface area contributed by atoms with E-state index in [1.54, 1.807) is 0 Å². The summed E-state index contributed by atoms with van der Waals surface area (Å²) in [5, 5.41) is 3.90. The minimum absolute atomic E-state index is 0.0395. The molecule has 0 N–H and O–H groups in total. The van der Waals surface area contributed by atoms with Gasteiger partial charge in [0.25, 0.3) is 5.91 Å². The van der Waals surface area contributed by atoms with Gasteiger partial charge in [-0.05, 0) is 37.6 Å². The maximum Gasteiger partial charge on any atom is 0.253 e. The fourth-order valence-corrected chi connectivity index (χ4v) is 2.82. The topological polar surface area (TPSA) is 49.6 Å². The van der Waals surface area contributed by atoms with E-state index in [0.29, 0.717) is 25.2 Å². The lowest BCUT2D eigenvalue weighted by atomic mass is 10.2. The maximum atomic E-state index is 13.0. The molecule has 6 heteroatoms. The number of benzene rings is 1. The lowest BCUT2D eigenvalue weighted by Crippen LogP contribution is -2.35. The Hall–Kier alpha value is -2.21. The lowest BCUT2D eigenvalue weighted by molar-refractivity contribution is 0.0760. The van der Waals surface area contributed by atoms with Crippen molar-refractivity contribution in [2.75, 3.05) is 26.2 Å². The Bertz CT molecular complexity index is 669. The highest BCUT2D eigenvalue weighted by Crippen LogP contribution is 2.13. The molecule has 5 nitrogen and oxygen atoms in total. The Labute approximate surface area is 134 Å². The summed E-state index contributed by atoms with van der Waals surface area (Å²) < 4.78 is 18.2. The summed E-state index contributed by atoms with van der Waals surface area (Å²) in [5.41, 5.74) is 1.41. The number of carbonyl (C=O) groups is 1. The molecule has 122 valence electrons. The van der Waals surface area contributed by atoms with E-state index in [-0.39, 0.29) is 11.7 Å². The van der Waals surface area contributed by atoms with Crippen LogP contribution in [-0.4, -0.2) is 47.0 Å². The highest BCUT2D eigenvalue weighted by molar-refractivity contribution is 5.94. The normalized spacial score (nSPS) is 16.3. The Morgan fingerprint density at radius 2 is 2.00 bits per heavy atom. The first-order valence-electron chi connectivity index (χ1n) is 7.81. The van der Waals surface area contributed by atoms with Gasteiger partial charge in [-0.2, -0.15) is 0 Å².